The predicted molar refractivity (Wildman–Crippen MR) is 95.3 cm³/mol. The lowest BCUT2D eigenvalue weighted by molar-refractivity contribution is 0.102. The molecule has 0 saturated carbocycles. The van der Waals surface area contributed by atoms with E-state index in [9.17, 15) is 4.79 Å². The molecule has 3 rings (SSSR count). The molecule has 0 bridgehead atoms. The van der Waals surface area contributed by atoms with E-state index in [0.29, 0.717) is 5.75 Å². The van der Waals surface area contributed by atoms with Crippen LogP contribution < -0.4 is 0 Å². The predicted octanol–water partition coefficient (Wildman–Crippen LogP) is 4.14. The number of rotatable bonds is 5. The first-order chi connectivity index (χ1) is 11.1. The lowest BCUT2D eigenvalue weighted by Crippen LogP contribution is -2.06. The van der Waals surface area contributed by atoms with Gasteiger partial charge in [-0.1, -0.05) is 41.6 Å². The maximum atomic E-state index is 12.4. The average Bonchev–Trinajstić information content (AvgIpc) is 3.14. The van der Waals surface area contributed by atoms with Gasteiger partial charge in [-0.05, 0) is 30.9 Å². The van der Waals surface area contributed by atoms with Crippen LogP contribution in [-0.2, 0) is 7.05 Å². The van der Waals surface area contributed by atoms with Crippen molar-refractivity contribution in [2.75, 3.05) is 5.75 Å². The van der Waals surface area contributed by atoms with E-state index >= 15 is 0 Å². The van der Waals surface area contributed by atoms with Gasteiger partial charge in [0, 0.05) is 12.6 Å². The van der Waals surface area contributed by atoms with Crippen LogP contribution >= 0.6 is 23.1 Å². The standard InChI is InChI=1S/C17H17N3OS2/c1-11-6-7-13(12(2)9-11)14(21)10-23-17-19-18-16(20(17)3)15-5-4-8-22-15/h4-9H,10H2,1-3H3. The first-order valence-corrected chi connectivity index (χ1v) is 9.09. The SMILES string of the molecule is Cc1ccc(C(=O)CSc2nnc(-c3cccs3)n2C)c(C)c1. The highest BCUT2D eigenvalue weighted by molar-refractivity contribution is 7.99. The highest BCUT2D eigenvalue weighted by atomic mass is 32.2. The summed E-state index contributed by atoms with van der Waals surface area (Å²) in [6, 6.07) is 9.92. The summed E-state index contributed by atoms with van der Waals surface area (Å²) in [6.45, 7) is 4.00. The molecule has 0 aliphatic rings. The summed E-state index contributed by atoms with van der Waals surface area (Å²) in [4.78, 5) is 13.5. The van der Waals surface area contributed by atoms with E-state index in [-0.39, 0.29) is 5.78 Å². The summed E-state index contributed by atoms with van der Waals surface area (Å²) < 4.78 is 1.94. The van der Waals surface area contributed by atoms with Crippen LogP contribution in [0.2, 0.25) is 0 Å². The van der Waals surface area contributed by atoms with Crippen LogP contribution in [0.25, 0.3) is 10.7 Å². The van der Waals surface area contributed by atoms with Gasteiger partial charge in [0.15, 0.2) is 16.8 Å². The fraction of sp³-hybridized carbons (Fsp3) is 0.235. The van der Waals surface area contributed by atoms with Gasteiger partial charge in [0.05, 0.1) is 10.6 Å². The van der Waals surface area contributed by atoms with Gasteiger partial charge in [-0.25, -0.2) is 0 Å². The normalized spacial score (nSPS) is 10.9. The molecule has 1 aromatic carbocycles. The van der Waals surface area contributed by atoms with Crippen molar-refractivity contribution in [1.82, 2.24) is 14.8 Å². The molecular weight excluding hydrogens is 326 g/mol. The van der Waals surface area contributed by atoms with E-state index in [1.54, 1.807) is 11.3 Å². The van der Waals surface area contributed by atoms with Gasteiger partial charge < -0.3 is 4.57 Å². The number of Topliss-reactive ketones (excluding diaryl/α,β-unsaturated/α-hetero) is 1. The zero-order valence-electron chi connectivity index (χ0n) is 13.2. The minimum Gasteiger partial charge on any atom is -0.304 e. The molecule has 0 N–H and O–H groups in total. The lowest BCUT2D eigenvalue weighted by atomic mass is 10.0. The number of aromatic nitrogens is 3. The minimum absolute atomic E-state index is 0.119. The summed E-state index contributed by atoms with van der Waals surface area (Å²) >= 11 is 3.05. The van der Waals surface area contributed by atoms with Crippen molar-refractivity contribution < 1.29 is 4.79 Å². The molecule has 0 spiro atoms. The number of thiophene rings is 1. The van der Waals surface area contributed by atoms with Crippen LogP contribution in [0.4, 0.5) is 0 Å². The molecule has 2 heterocycles. The third-order valence-electron chi connectivity index (χ3n) is 3.59. The van der Waals surface area contributed by atoms with E-state index in [1.165, 1.54) is 17.3 Å². The third-order valence-corrected chi connectivity index (χ3v) is 5.48. The van der Waals surface area contributed by atoms with Gasteiger partial charge in [-0.15, -0.1) is 21.5 Å². The van der Waals surface area contributed by atoms with Gasteiger partial charge in [-0.2, -0.15) is 0 Å². The van der Waals surface area contributed by atoms with E-state index in [1.807, 2.05) is 61.2 Å². The molecule has 0 amide bonds. The minimum atomic E-state index is 0.119. The van der Waals surface area contributed by atoms with Crippen LogP contribution in [0.1, 0.15) is 21.5 Å². The molecule has 3 aromatic rings. The smallest absolute Gasteiger partial charge is 0.191 e. The zero-order valence-corrected chi connectivity index (χ0v) is 14.9. The number of nitrogens with zero attached hydrogens (tertiary/aromatic N) is 3. The molecule has 4 nitrogen and oxygen atoms in total. The lowest BCUT2D eigenvalue weighted by Gasteiger charge is -2.06. The van der Waals surface area contributed by atoms with Crippen LogP contribution in [0.15, 0.2) is 40.9 Å². The largest absolute Gasteiger partial charge is 0.304 e. The topological polar surface area (TPSA) is 47.8 Å². The Balaban J connectivity index is 1.72. The van der Waals surface area contributed by atoms with E-state index in [4.69, 9.17) is 0 Å². The van der Waals surface area contributed by atoms with Crippen LogP contribution in [-0.4, -0.2) is 26.3 Å². The van der Waals surface area contributed by atoms with Gasteiger partial charge in [0.2, 0.25) is 0 Å². The summed E-state index contributed by atoms with van der Waals surface area (Å²) in [6.07, 6.45) is 0. The maximum absolute atomic E-state index is 12.4. The Bertz CT molecular complexity index is 838. The molecular formula is C17H17N3OS2. The van der Waals surface area contributed by atoms with E-state index < -0.39 is 0 Å². The summed E-state index contributed by atoms with van der Waals surface area (Å²) in [5.74, 6) is 1.31. The molecule has 0 saturated heterocycles. The van der Waals surface area contributed by atoms with Crippen molar-refractivity contribution >= 4 is 28.9 Å². The van der Waals surface area contributed by atoms with Crippen LogP contribution in [0.5, 0.6) is 0 Å². The van der Waals surface area contributed by atoms with Crippen molar-refractivity contribution in [2.24, 2.45) is 7.05 Å². The number of ketones is 1. The second-order valence-electron chi connectivity index (χ2n) is 5.37. The van der Waals surface area contributed by atoms with Crippen molar-refractivity contribution in [2.45, 2.75) is 19.0 Å². The molecule has 6 heteroatoms. The van der Waals surface area contributed by atoms with Crippen molar-refractivity contribution in [3.8, 4) is 10.7 Å². The molecule has 0 fully saturated rings. The molecule has 0 atom stereocenters. The first-order valence-electron chi connectivity index (χ1n) is 7.23. The number of carbonyl (C=O) groups is 1. The van der Waals surface area contributed by atoms with Gasteiger partial charge in [0.25, 0.3) is 0 Å². The Morgan fingerprint density at radius 1 is 1.26 bits per heavy atom. The Labute approximate surface area is 143 Å². The van der Waals surface area contributed by atoms with Crippen LogP contribution in [0.3, 0.4) is 0 Å². The Hall–Kier alpha value is -1.92. The number of hydrogen-bond donors (Lipinski definition) is 0. The molecule has 118 valence electrons. The molecule has 2 aromatic heterocycles. The van der Waals surface area contributed by atoms with Crippen molar-refractivity contribution in [3.63, 3.8) is 0 Å². The molecule has 0 radical (unpaired) electrons. The van der Waals surface area contributed by atoms with Crippen LogP contribution in [0, 0.1) is 13.8 Å². The van der Waals surface area contributed by atoms with Gasteiger partial charge in [-0.3, -0.25) is 4.79 Å². The molecule has 0 unspecified atom stereocenters. The zero-order chi connectivity index (χ0) is 16.4. The Kier molecular flexibility index (Phi) is 4.63. The summed E-state index contributed by atoms with van der Waals surface area (Å²) in [5, 5.41) is 11.2. The molecule has 0 aliphatic heterocycles. The summed E-state index contributed by atoms with van der Waals surface area (Å²) in [7, 11) is 1.93. The molecule has 23 heavy (non-hydrogen) atoms. The second-order valence-corrected chi connectivity index (χ2v) is 7.26. The van der Waals surface area contributed by atoms with Crippen molar-refractivity contribution in [3.05, 3.63) is 52.4 Å². The van der Waals surface area contributed by atoms with Gasteiger partial charge >= 0.3 is 0 Å². The first kappa shape index (κ1) is 16.0. The van der Waals surface area contributed by atoms with E-state index in [0.717, 1.165) is 27.0 Å². The second kappa shape index (κ2) is 6.68. The average molecular weight is 343 g/mol. The Morgan fingerprint density at radius 2 is 2.09 bits per heavy atom. The van der Waals surface area contributed by atoms with E-state index in [2.05, 4.69) is 10.2 Å². The highest BCUT2D eigenvalue weighted by Crippen LogP contribution is 2.26. The number of carbonyl (C=O) groups excluding carboxylic acids is 1. The summed E-state index contributed by atoms with van der Waals surface area (Å²) in [5.41, 5.74) is 2.97. The number of hydrogen-bond acceptors (Lipinski definition) is 5. The van der Waals surface area contributed by atoms with Crippen molar-refractivity contribution in [1.29, 1.82) is 0 Å². The third kappa shape index (κ3) is 3.38. The number of aryl methyl sites for hydroxylation is 2. The maximum Gasteiger partial charge on any atom is 0.191 e. The fourth-order valence-electron chi connectivity index (χ4n) is 2.40. The number of thioether (sulfide) groups is 1. The quantitative estimate of drug-likeness (QED) is 0.516. The fourth-order valence-corrected chi connectivity index (χ4v) is 3.93. The van der Waals surface area contributed by atoms with Gasteiger partial charge in [0.1, 0.15) is 0 Å². The highest BCUT2D eigenvalue weighted by Gasteiger charge is 2.15. The Morgan fingerprint density at radius 3 is 2.78 bits per heavy atom. The molecule has 0 aliphatic carbocycles. The number of benzene rings is 1. The monoisotopic (exact) mass is 343 g/mol.